The summed E-state index contributed by atoms with van der Waals surface area (Å²) in [6.07, 6.45) is 0.730. The van der Waals surface area contributed by atoms with Gasteiger partial charge in [-0.05, 0) is 75.6 Å². The number of nitrogens with zero attached hydrogens (tertiary/aromatic N) is 2. The summed E-state index contributed by atoms with van der Waals surface area (Å²) in [7, 11) is 1.60. The van der Waals surface area contributed by atoms with E-state index in [4.69, 9.17) is 38.4 Å². The summed E-state index contributed by atoms with van der Waals surface area (Å²) in [6, 6.07) is 10.3. The fraction of sp³-hybridized carbons (Fsp3) is 0.400. The first-order valence-corrected chi connectivity index (χ1v) is 12.2. The number of carbonyl (C=O) groups excluding carboxylic acids is 2. The minimum atomic E-state index is -0.742. The highest BCUT2D eigenvalue weighted by Gasteiger charge is 2.31. The van der Waals surface area contributed by atoms with Crippen molar-refractivity contribution in [3.05, 3.63) is 52.0 Å². The number of rotatable bonds is 5. The predicted molar refractivity (Wildman–Crippen MR) is 143 cm³/mol. The van der Waals surface area contributed by atoms with Gasteiger partial charge in [-0.3, -0.25) is 10.1 Å². The van der Waals surface area contributed by atoms with Crippen LogP contribution in [0.2, 0.25) is 10.0 Å². The molecule has 0 aliphatic carbocycles. The van der Waals surface area contributed by atoms with E-state index in [1.54, 1.807) is 40.0 Å². The lowest BCUT2D eigenvalue weighted by atomic mass is 10.2. The van der Waals surface area contributed by atoms with Gasteiger partial charge in [-0.25, -0.2) is 4.79 Å². The van der Waals surface area contributed by atoms with Gasteiger partial charge < -0.3 is 25.4 Å². The largest absolute Gasteiger partial charge is 0.497 e. The molecule has 1 heterocycles. The molecule has 2 aromatic carbocycles. The fourth-order valence-electron chi connectivity index (χ4n) is 3.73. The molecule has 1 aliphatic rings. The standard InChI is InChI=1S/C25H31Cl2N5O4/c1-25(2,3)36-24(34)31-23(29-14-15-12-18(26)21(28)19(27)13-15)30-22(33)20-6-5-11-32(20)16-7-9-17(35-4)10-8-16/h7-10,12-13,20H,5-6,11,14,28H2,1-4H3,(H2,29,30,31,33,34)/t20-/m0/s1. The summed E-state index contributed by atoms with van der Waals surface area (Å²) in [5.74, 6) is 0.296. The number of hydrogen-bond donors (Lipinski definition) is 3. The number of ether oxygens (including phenoxy) is 2. The molecule has 11 heteroatoms. The van der Waals surface area contributed by atoms with Crippen LogP contribution in [-0.2, 0) is 16.1 Å². The van der Waals surface area contributed by atoms with E-state index in [0.29, 0.717) is 28.6 Å². The lowest BCUT2D eigenvalue weighted by Crippen LogP contribution is -2.45. The molecular weight excluding hydrogens is 505 g/mol. The van der Waals surface area contributed by atoms with Crippen LogP contribution >= 0.6 is 23.2 Å². The van der Waals surface area contributed by atoms with Gasteiger partial charge >= 0.3 is 6.09 Å². The maximum atomic E-state index is 13.2. The number of nitrogens with one attached hydrogen (secondary N) is 2. The van der Waals surface area contributed by atoms with E-state index in [2.05, 4.69) is 15.6 Å². The number of alkyl carbamates (subject to hydrolysis) is 1. The molecule has 0 unspecified atom stereocenters. The zero-order valence-electron chi connectivity index (χ0n) is 20.7. The predicted octanol–water partition coefficient (Wildman–Crippen LogP) is 4.75. The smallest absolute Gasteiger partial charge is 0.414 e. The highest BCUT2D eigenvalue weighted by atomic mass is 35.5. The van der Waals surface area contributed by atoms with E-state index in [1.165, 1.54) is 0 Å². The van der Waals surface area contributed by atoms with E-state index in [1.807, 2.05) is 29.2 Å². The number of nitrogen functional groups attached to an aromatic ring is 1. The van der Waals surface area contributed by atoms with Gasteiger partial charge in [0, 0.05) is 18.8 Å². The zero-order valence-corrected chi connectivity index (χ0v) is 22.2. The Bertz CT molecular complexity index is 1110. The Morgan fingerprint density at radius 1 is 1.17 bits per heavy atom. The zero-order chi connectivity index (χ0) is 26.5. The van der Waals surface area contributed by atoms with E-state index in [9.17, 15) is 9.59 Å². The maximum absolute atomic E-state index is 13.2. The van der Waals surface area contributed by atoms with Gasteiger partial charge in [-0.1, -0.05) is 23.2 Å². The first-order valence-electron chi connectivity index (χ1n) is 11.5. The Labute approximate surface area is 220 Å². The third-order valence-electron chi connectivity index (χ3n) is 5.38. The number of methoxy groups -OCH3 is 1. The molecule has 0 saturated carbocycles. The molecule has 1 saturated heterocycles. The molecule has 0 spiro atoms. The van der Waals surface area contributed by atoms with Crippen LogP contribution in [0.15, 0.2) is 41.4 Å². The second-order valence-corrected chi connectivity index (χ2v) is 10.1. The lowest BCUT2D eigenvalue weighted by Gasteiger charge is -2.25. The summed E-state index contributed by atoms with van der Waals surface area (Å²) >= 11 is 12.3. The second-order valence-electron chi connectivity index (χ2n) is 9.30. The summed E-state index contributed by atoms with van der Waals surface area (Å²) in [6.45, 7) is 6.11. The first kappa shape index (κ1) is 27.4. The van der Waals surface area contributed by atoms with Gasteiger partial charge in [0.25, 0.3) is 5.91 Å². The molecule has 0 bridgehead atoms. The van der Waals surface area contributed by atoms with Gasteiger partial charge in [0.2, 0.25) is 5.96 Å². The molecule has 194 valence electrons. The van der Waals surface area contributed by atoms with Gasteiger partial charge in [0.05, 0.1) is 22.8 Å². The van der Waals surface area contributed by atoms with Crippen LogP contribution in [0.3, 0.4) is 0 Å². The SMILES string of the molecule is COc1ccc(N2CCC[C@H]2C(=O)/N=C(/NCc2cc(Cl)c(N)c(Cl)c2)NC(=O)OC(C)(C)C)cc1. The lowest BCUT2D eigenvalue weighted by molar-refractivity contribution is -0.118. The number of carbonyl (C=O) groups is 2. The number of guanidine groups is 1. The molecule has 0 aromatic heterocycles. The highest BCUT2D eigenvalue weighted by molar-refractivity contribution is 6.38. The third kappa shape index (κ3) is 7.41. The summed E-state index contributed by atoms with van der Waals surface area (Å²) < 4.78 is 10.6. The van der Waals surface area contributed by atoms with E-state index < -0.39 is 23.6 Å². The number of amides is 2. The Balaban J connectivity index is 1.80. The molecule has 2 amide bonds. The molecule has 2 aromatic rings. The van der Waals surface area contributed by atoms with Crippen molar-refractivity contribution in [1.29, 1.82) is 0 Å². The Kier molecular flexibility index (Phi) is 8.92. The van der Waals surface area contributed by atoms with E-state index in [-0.39, 0.29) is 18.2 Å². The van der Waals surface area contributed by atoms with Crippen molar-refractivity contribution in [2.45, 2.75) is 51.8 Å². The minimum Gasteiger partial charge on any atom is -0.497 e. The molecule has 4 N–H and O–H groups in total. The molecule has 1 atom stereocenters. The number of anilines is 2. The summed E-state index contributed by atoms with van der Waals surface area (Å²) in [5.41, 5.74) is 6.93. The van der Waals surface area contributed by atoms with Crippen molar-refractivity contribution in [2.24, 2.45) is 4.99 Å². The van der Waals surface area contributed by atoms with E-state index in [0.717, 1.165) is 17.9 Å². The molecule has 1 aliphatic heterocycles. The van der Waals surface area contributed by atoms with Crippen molar-refractivity contribution < 1.29 is 19.1 Å². The van der Waals surface area contributed by atoms with E-state index >= 15 is 0 Å². The van der Waals surface area contributed by atoms with Crippen LogP contribution in [0.25, 0.3) is 0 Å². The fourth-order valence-corrected chi connectivity index (χ4v) is 4.26. The topological polar surface area (TPSA) is 118 Å². The second kappa shape index (κ2) is 11.7. The number of halogens is 2. The van der Waals surface area contributed by atoms with Crippen molar-refractivity contribution in [3.8, 4) is 5.75 Å². The van der Waals surface area contributed by atoms with Gasteiger partial charge in [0.15, 0.2) is 0 Å². The van der Waals surface area contributed by atoms with Crippen molar-refractivity contribution in [1.82, 2.24) is 10.6 Å². The Morgan fingerprint density at radius 2 is 1.81 bits per heavy atom. The van der Waals surface area contributed by atoms with Crippen molar-refractivity contribution >= 4 is 52.5 Å². The van der Waals surface area contributed by atoms with Crippen molar-refractivity contribution in [3.63, 3.8) is 0 Å². The Morgan fingerprint density at radius 3 is 2.39 bits per heavy atom. The van der Waals surface area contributed by atoms with Crippen LogP contribution in [-0.4, -0.2) is 43.3 Å². The van der Waals surface area contributed by atoms with Crippen molar-refractivity contribution in [2.75, 3.05) is 24.3 Å². The number of hydrogen-bond acceptors (Lipinski definition) is 6. The van der Waals surface area contributed by atoms with Crippen LogP contribution in [0.5, 0.6) is 5.75 Å². The van der Waals surface area contributed by atoms with Crippen LogP contribution < -0.4 is 26.0 Å². The van der Waals surface area contributed by atoms with Crippen LogP contribution in [0, 0.1) is 0 Å². The van der Waals surface area contributed by atoms with Gasteiger partial charge in [-0.15, -0.1) is 0 Å². The normalized spacial score (nSPS) is 16.0. The molecule has 3 rings (SSSR count). The van der Waals surface area contributed by atoms with Crippen LogP contribution in [0.4, 0.5) is 16.2 Å². The molecule has 0 radical (unpaired) electrons. The molecular formula is C25H31Cl2N5O4. The summed E-state index contributed by atoms with van der Waals surface area (Å²) in [5, 5.41) is 6.12. The number of nitrogens with two attached hydrogens (primary N) is 1. The number of aliphatic imine (C=N–C) groups is 1. The van der Waals surface area contributed by atoms with Gasteiger partial charge in [-0.2, -0.15) is 4.99 Å². The van der Waals surface area contributed by atoms with Crippen LogP contribution in [0.1, 0.15) is 39.2 Å². The third-order valence-corrected chi connectivity index (χ3v) is 6.01. The maximum Gasteiger partial charge on any atom is 0.414 e. The quantitative estimate of drug-likeness (QED) is 0.287. The first-order chi connectivity index (χ1) is 17.0. The molecule has 1 fully saturated rings. The average Bonchev–Trinajstić information content (AvgIpc) is 3.30. The molecule has 9 nitrogen and oxygen atoms in total. The molecule has 36 heavy (non-hydrogen) atoms. The summed E-state index contributed by atoms with van der Waals surface area (Å²) in [4.78, 5) is 31.9. The monoisotopic (exact) mass is 535 g/mol. The van der Waals surface area contributed by atoms with Gasteiger partial charge in [0.1, 0.15) is 17.4 Å². The minimum absolute atomic E-state index is 0.0418. The number of benzene rings is 2. The average molecular weight is 536 g/mol. The Hall–Kier alpha value is -3.17. The highest BCUT2D eigenvalue weighted by Crippen LogP contribution is 2.29.